The molecule has 6 nitrogen and oxygen atoms in total. The highest BCUT2D eigenvalue weighted by molar-refractivity contribution is 6.31. The number of benzene rings is 2. The number of carbonyl (C=O) groups is 2. The van der Waals surface area contributed by atoms with Crippen LogP contribution in [-0.4, -0.2) is 23.4 Å². The van der Waals surface area contributed by atoms with E-state index in [9.17, 15) is 22.8 Å². The van der Waals surface area contributed by atoms with E-state index in [2.05, 4.69) is 15.6 Å². The highest BCUT2D eigenvalue weighted by Gasteiger charge is 2.33. The van der Waals surface area contributed by atoms with E-state index in [-0.39, 0.29) is 35.4 Å². The summed E-state index contributed by atoms with van der Waals surface area (Å²) >= 11 is 6.05. The van der Waals surface area contributed by atoms with Gasteiger partial charge in [-0.15, -0.1) is 0 Å². The summed E-state index contributed by atoms with van der Waals surface area (Å²) in [5.74, 6) is -0.0451. The van der Waals surface area contributed by atoms with Crippen molar-refractivity contribution in [2.24, 2.45) is 0 Å². The third-order valence-electron chi connectivity index (χ3n) is 5.38. The molecule has 0 saturated carbocycles. The molecule has 1 aliphatic rings. The normalized spacial score (nSPS) is 16.0. The van der Waals surface area contributed by atoms with E-state index in [1.54, 1.807) is 24.3 Å². The van der Waals surface area contributed by atoms with Crippen molar-refractivity contribution in [3.63, 3.8) is 0 Å². The van der Waals surface area contributed by atoms with Gasteiger partial charge in [-0.1, -0.05) is 23.7 Å². The van der Waals surface area contributed by atoms with Crippen LogP contribution in [0.3, 0.4) is 0 Å². The summed E-state index contributed by atoms with van der Waals surface area (Å²) in [5.41, 5.74) is 0.552. The summed E-state index contributed by atoms with van der Waals surface area (Å²) in [6.07, 6.45) is -1.14. The molecule has 1 amide bonds. The molecule has 1 unspecified atom stereocenters. The van der Waals surface area contributed by atoms with Crippen LogP contribution in [0.25, 0.3) is 10.9 Å². The van der Waals surface area contributed by atoms with E-state index >= 15 is 0 Å². The smallest absolute Gasteiger partial charge is 0.429 e. The maximum absolute atomic E-state index is 13.3. The first-order valence-corrected chi connectivity index (χ1v) is 10.8. The molecule has 3 aromatic rings. The number of hydrogen-bond donors (Lipinski definition) is 2. The second-order valence-corrected chi connectivity index (χ2v) is 8.19. The van der Waals surface area contributed by atoms with E-state index in [1.165, 1.54) is 18.2 Å². The minimum Gasteiger partial charge on any atom is -0.429 e. The van der Waals surface area contributed by atoms with Crippen LogP contribution in [0.15, 0.2) is 60.3 Å². The number of rotatable bonds is 6. The van der Waals surface area contributed by atoms with Crippen molar-refractivity contribution in [3.8, 4) is 5.75 Å². The lowest BCUT2D eigenvalue weighted by Gasteiger charge is -2.24. The molecule has 1 atom stereocenters. The summed E-state index contributed by atoms with van der Waals surface area (Å²) in [4.78, 5) is 26.7. The van der Waals surface area contributed by atoms with Gasteiger partial charge in [0.15, 0.2) is 0 Å². The zero-order valence-electron chi connectivity index (χ0n) is 17.7. The summed E-state index contributed by atoms with van der Waals surface area (Å²) in [6, 6.07) is 11.6. The molecule has 10 heteroatoms. The molecule has 0 saturated heterocycles. The SMILES string of the molecule is O=COc1cccc(C(=O)NC2CC=C(Nc3cc(C(F)(F)F)nc4ccc(Cl)cc34)CC2)c1. The van der Waals surface area contributed by atoms with Gasteiger partial charge in [-0.2, -0.15) is 13.2 Å². The minimum absolute atomic E-state index is 0.150. The summed E-state index contributed by atoms with van der Waals surface area (Å²) in [7, 11) is 0. The van der Waals surface area contributed by atoms with Crippen LogP contribution in [0.4, 0.5) is 18.9 Å². The Bertz CT molecular complexity index is 1280. The molecule has 4 rings (SSSR count). The molecule has 0 radical (unpaired) electrons. The van der Waals surface area contributed by atoms with Crippen molar-refractivity contribution in [1.29, 1.82) is 0 Å². The van der Waals surface area contributed by atoms with Crippen LogP contribution in [0, 0.1) is 0 Å². The van der Waals surface area contributed by atoms with Gasteiger partial charge in [0.2, 0.25) is 0 Å². The number of ether oxygens (including phenoxy) is 1. The monoisotopic (exact) mass is 489 g/mol. The number of aromatic nitrogens is 1. The Morgan fingerprint density at radius 3 is 2.71 bits per heavy atom. The quantitative estimate of drug-likeness (QED) is 0.433. The van der Waals surface area contributed by atoms with Crippen LogP contribution in [0.5, 0.6) is 5.75 Å². The number of fused-ring (bicyclic) bond motifs is 1. The minimum atomic E-state index is -4.59. The first-order valence-electron chi connectivity index (χ1n) is 10.4. The number of pyridine rings is 1. The third-order valence-corrected chi connectivity index (χ3v) is 5.62. The zero-order valence-corrected chi connectivity index (χ0v) is 18.4. The number of anilines is 1. The van der Waals surface area contributed by atoms with Crippen molar-refractivity contribution in [1.82, 2.24) is 10.3 Å². The Balaban J connectivity index is 1.48. The van der Waals surface area contributed by atoms with Crippen molar-refractivity contribution < 1.29 is 27.5 Å². The van der Waals surface area contributed by atoms with Gasteiger partial charge in [0.1, 0.15) is 11.4 Å². The van der Waals surface area contributed by atoms with Gasteiger partial charge in [0.05, 0.1) is 5.52 Å². The Labute approximate surface area is 197 Å². The number of amides is 1. The van der Waals surface area contributed by atoms with Crippen LogP contribution >= 0.6 is 11.6 Å². The van der Waals surface area contributed by atoms with Gasteiger partial charge in [-0.25, -0.2) is 4.98 Å². The van der Waals surface area contributed by atoms with Gasteiger partial charge in [-0.05, 0) is 61.7 Å². The molecule has 1 aromatic heterocycles. The highest BCUT2D eigenvalue weighted by atomic mass is 35.5. The van der Waals surface area contributed by atoms with Gasteiger partial charge >= 0.3 is 6.18 Å². The summed E-state index contributed by atoms with van der Waals surface area (Å²) in [5, 5.41) is 6.88. The molecular formula is C24H19ClF3N3O3. The molecule has 0 aliphatic heterocycles. The predicted molar refractivity (Wildman–Crippen MR) is 122 cm³/mol. The van der Waals surface area contributed by atoms with Crippen molar-refractivity contribution in [2.75, 3.05) is 5.32 Å². The number of carbonyl (C=O) groups excluding carboxylic acids is 2. The molecule has 2 aromatic carbocycles. The van der Waals surface area contributed by atoms with Crippen molar-refractivity contribution in [3.05, 3.63) is 76.6 Å². The molecule has 1 heterocycles. The average molecular weight is 490 g/mol. The molecule has 2 N–H and O–H groups in total. The lowest BCUT2D eigenvalue weighted by Crippen LogP contribution is -2.36. The fraction of sp³-hybridized carbons (Fsp3) is 0.208. The highest BCUT2D eigenvalue weighted by Crippen LogP contribution is 2.35. The van der Waals surface area contributed by atoms with E-state index in [1.807, 2.05) is 6.08 Å². The number of hydrogen-bond acceptors (Lipinski definition) is 5. The lowest BCUT2D eigenvalue weighted by molar-refractivity contribution is -0.140. The largest absolute Gasteiger partial charge is 0.433 e. The second kappa shape index (κ2) is 9.72. The summed E-state index contributed by atoms with van der Waals surface area (Å²) in [6.45, 7) is 0.287. The van der Waals surface area contributed by atoms with Crippen LogP contribution in [-0.2, 0) is 11.0 Å². The Hall–Kier alpha value is -3.59. The van der Waals surface area contributed by atoms with Gasteiger partial charge in [0.25, 0.3) is 12.4 Å². The van der Waals surface area contributed by atoms with Crippen molar-refractivity contribution in [2.45, 2.75) is 31.5 Å². The number of nitrogens with one attached hydrogen (secondary N) is 2. The fourth-order valence-corrected chi connectivity index (χ4v) is 3.91. The lowest BCUT2D eigenvalue weighted by atomic mass is 9.98. The van der Waals surface area contributed by atoms with Crippen molar-refractivity contribution >= 4 is 40.6 Å². The Kier molecular flexibility index (Phi) is 6.74. The summed E-state index contributed by atoms with van der Waals surface area (Å²) < 4.78 is 44.8. The number of nitrogens with zero attached hydrogens (tertiary/aromatic N) is 1. The molecule has 34 heavy (non-hydrogen) atoms. The average Bonchev–Trinajstić information content (AvgIpc) is 2.80. The van der Waals surface area contributed by atoms with Crippen LogP contribution in [0.2, 0.25) is 5.02 Å². The number of halogens is 4. The molecule has 1 aliphatic carbocycles. The first-order chi connectivity index (χ1) is 16.2. The fourth-order valence-electron chi connectivity index (χ4n) is 3.73. The molecule has 0 fully saturated rings. The van der Waals surface area contributed by atoms with Gasteiger partial charge in [0, 0.05) is 33.4 Å². The predicted octanol–water partition coefficient (Wildman–Crippen LogP) is 5.72. The van der Waals surface area contributed by atoms with Gasteiger partial charge < -0.3 is 15.4 Å². The molecule has 176 valence electrons. The van der Waals surface area contributed by atoms with Crippen LogP contribution < -0.4 is 15.4 Å². The van der Waals surface area contributed by atoms with E-state index in [0.29, 0.717) is 35.2 Å². The third kappa shape index (κ3) is 5.48. The van der Waals surface area contributed by atoms with Crippen LogP contribution in [0.1, 0.15) is 35.3 Å². The number of alkyl halides is 3. The van der Waals surface area contributed by atoms with E-state index < -0.39 is 11.9 Å². The molecule has 0 bridgehead atoms. The Morgan fingerprint density at radius 1 is 1.18 bits per heavy atom. The second-order valence-electron chi connectivity index (χ2n) is 7.76. The zero-order chi connectivity index (χ0) is 24.3. The topological polar surface area (TPSA) is 80.3 Å². The standard InChI is InChI=1S/C24H19ClF3N3O3/c25-15-4-9-20-19(11-15)21(12-22(31-20)24(26,27)28)29-16-5-7-17(8-6-16)30-23(33)14-2-1-3-18(10-14)34-13-32/h1-5,9-13,17H,6-8H2,(H,29,31)(H,30,33). The Morgan fingerprint density at radius 2 is 2.00 bits per heavy atom. The van der Waals surface area contributed by atoms with Gasteiger partial charge in [-0.3, -0.25) is 9.59 Å². The molecular weight excluding hydrogens is 471 g/mol. The maximum Gasteiger partial charge on any atom is 0.433 e. The first kappa shape index (κ1) is 23.6. The molecule has 0 spiro atoms. The van der Waals surface area contributed by atoms with E-state index in [4.69, 9.17) is 16.3 Å². The number of allylic oxidation sites excluding steroid dienone is 1. The van der Waals surface area contributed by atoms with E-state index in [0.717, 1.165) is 11.8 Å². The maximum atomic E-state index is 13.3.